The van der Waals surface area contributed by atoms with Crippen molar-refractivity contribution in [2.24, 2.45) is 14.1 Å². The Morgan fingerprint density at radius 2 is 2.00 bits per heavy atom. The summed E-state index contributed by atoms with van der Waals surface area (Å²) in [5.74, 6) is 0. The first kappa shape index (κ1) is 14.9. The highest BCUT2D eigenvalue weighted by Gasteiger charge is 2.07. The van der Waals surface area contributed by atoms with Crippen LogP contribution in [0.15, 0.2) is 38.5 Å². The number of aryl methyl sites for hydroxylation is 1. The lowest BCUT2D eigenvalue weighted by atomic mass is 10.3. The Balaban J connectivity index is 2.28. The van der Waals surface area contributed by atoms with Crippen molar-refractivity contribution in [3.63, 3.8) is 0 Å². The molecule has 0 aliphatic heterocycles. The normalized spacial score (nSPS) is 10.6. The SMILES string of the molecule is Cn1cc(CNc2ccc(Cl)cc2Br)c(=O)n(C)c1=O. The van der Waals surface area contributed by atoms with E-state index in [1.165, 1.54) is 11.6 Å². The zero-order valence-corrected chi connectivity index (χ0v) is 13.3. The molecule has 0 fully saturated rings. The van der Waals surface area contributed by atoms with E-state index < -0.39 is 0 Å². The number of nitrogens with one attached hydrogen (secondary N) is 1. The van der Waals surface area contributed by atoms with Crippen LogP contribution < -0.4 is 16.6 Å². The Morgan fingerprint density at radius 1 is 1.30 bits per heavy atom. The summed E-state index contributed by atoms with van der Waals surface area (Å²) < 4.78 is 3.29. The number of aromatic nitrogens is 2. The molecule has 0 saturated heterocycles. The summed E-state index contributed by atoms with van der Waals surface area (Å²) in [4.78, 5) is 23.6. The molecule has 2 rings (SSSR count). The van der Waals surface area contributed by atoms with E-state index >= 15 is 0 Å². The fourth-order valence-electron chi connectivity index (χ4n) is 1.83. The van der Waals surface area contributed by atoms with Gasteiger partial charge < -0.3 is 9.88 Å². The van der Waals surface area contributed by atoms with Gasteiger partial charge in [0.2, 0.25) is 0 Å². The number of hydrogen-bond acceptors (Lipinski definition) is 3. The van der Waals surface area contributed by atoms with Crippen molar-refractivity contribution in [1.82, 2.24) is 9.13 Å². The van der Waals surface area contributed by atoms with Gasteiger partial charge in [-0.1, -0.05) is 11.6 Å². The smallest absolute Gasteiger partial charge is 0.330 e. The van der Waals surface area contributed by atoms with Gasteiger partial charge in [-0.2, -0.15) is 0 Å². The van der Waals surface area contributed by atoms with Crippen molar-refractivity contribution in [3.05, 3.63) is 60.3 Å². The Morgan fingerprint density at radius 3 is 2.65 bits per heavy atom. The van der Waals surface area contributed by atoms with Gasteiger partial charge >= 0.3 is 5.69 Å². The first-order valence-electron chi connectivity index (χ1n) is 5.84. The Hall–Kier alpha value is -1.53. The van der Waals surface area contributed by atoms with Crippen molar-refractivity contribution < 1.29 is 0 Å². The summed E-state index contributed by atoms with van der Waals surface area (Å²) in [6.07, 6.45) is 1.54. The number of anilines is 1. The third-order valence-electron chi connectivity index (χ3n) is 2.92. The Bertz CT molecular complexity index is 767. The van der Waals surface area contributed by atoms with E-state index in [4.69, 9.17) is 11.6 Å². The highest BCUT2D eigenvalue weighted by molar-refractivity contribution is 9.10. The van der Waals surface area contributed by atoms with Gasteiger partial charge in [-0.15, -0.1) is 0 Å². The summed E-state index contributed by atoms with van der Waals surface area (Å²) in [6.45, 7) is 0.320. The van der Waals surface area contributed by atoms with Crippen molar-refractivity contribution in [3.8, 4) is 0 Å². The van der Waals surface area contributed by atoms with Crippen LogP contribution in [0.4, 0.5) is 5.69 Å². The van der Waals surface area contributed by atoms with E-state index in [1.807, 2.05) is 6.07 Å². The largest absolute Gasteiger partial charge is 0.380 e. The van der Waals surface area contributed by atoms with Gasteiger partial charge in [0.1, 0.15) is 0 Å². The highest BCUT2D eigenvalue weighted by Crippen LogP contribution is 2.25. The van der Waals surface area contributed by atoms with Crippen molar-refractivity contribution >= 4 is 33.2 Å². The van der Waals surface area contributed by atoms with Gasteiger partial charge in [-0.25, -0.2) is 4.79 Å². The third kappa shape index (κ3) is 2.96. The number of nitrogens with zero attached hydrogens (tertiary/aromatic N) is 2. The quantitative estimate of drug-likeness (QED) is 0.914. The molecule has 0 saturated carbocycles. The van der Waals surface area contributed by atoms with E-state index in [1.54, 1.807) is 25.4 Å². The molecular weight excluding hydrogens is 346 g/mol. The molecule has 0 amide bonds. The van der Waals surface area contributed by atoms with E-state index in [-0.39, 0.29) is 11.2 Å². The molecule has 0 bridgehead atoms. The van der Waals surface area contributed by atoms with Crippen molar-refractivity contribution in [1.29, 1.82) is 0 Å². The van der Waals surface area contributed by atoms with Crippen LogP contribution in [0.2, 0.25) is 5.02 Å². The first-order valence-corrected chi connectivity index (χ1v) is 7.01. The van der Waals surface area contributed by atoms with Gasteiger partial charge in [-0.05, 0) is 34.1 Å². The molecular formula is C13H13BrClN3O2. The van der Waals surface area contributed by atoms with Crippen molar-refractivity contribution in [2.75, 3.05) is 5.32 Å². The lowest BCUT2D eigenvalue weighted by molar-refractivity contribution is 0.671. The second-order valence-corrected chi connectivity index (χ2v) is 5.68. The predicted molar refractivity (Wildman–Crippen MR) is 83.4 cm³/mol. The van der Waals surface area contributed by atoms with Gasteiger partial charge in [0.25, 0.3) is 5.56 Å². The summed E-state index contributed by atoms with van der Waals surface area (Å²) >= 11 is 9.26. The summed E-state index contributed by atoms with van der Waals surface area (Å²) in [5.41, 5.74) is 0.693. The first-order chi connectivity index (χ1) is 9.40. The van der Waals surface area contributed by atoms with Crippen LogP contribution in [0.3, 0.4) is 0 Å². The molecule has 0 aliphatic carbocycles. The van der Waals surface area contributed by atoms with Gasteiger partial charge in [-0.3, -0.25) is 9.36 Å². The molecule has 1 aromatic heterocycles. The predicted octanol–water partition coefficient (Wildman–Crippen LogP) is 2.11. The fraction of sp³-hybridized carbons (Fsp3) is 0.231. The third-order valence-corrected chi connectivity index (χ3v) is 3.81. The maximum absolute atomic E-state index is 12.0. The molecule has 2 aromatic rings. The van der Waals surface area contributed by atoms with Gasteiger partial charge in [0, 0.05) is 42.0 Å². The number of hydrogen-bond donors (Lipinski definition) is 1. The number of rotatable bonds is 3. The van der Waals surface area contributed by atoms with Crippen LogP contribution in [0.5, 0.6) is 0 Å². The summed E-state index contributed by atoms with van der Waals surface area (Å²) in [5, 5.41) is 3.76. The molecule has 1 N–H and O–H groups in total. The average molecular weight is 359 g/mol. The van der Waals surface area contributed by atoms with Crippen LogP contribution in [0.25, 0.3) is 0 Å². The molecule has 0 unspecified atom stereocenters. The molecule has 0 spiro atoms. The van der Waals surface area contributed by atoms with Crippen LogP contribution in [0, 0.1) is 0 Å². The molecule has 5 nitrogen and oxygen atoms in total. The molecule has 7 heteroatoms. The minimum atomic E-state index is -0.341. The second-order valence-electron chi connectivity index (χ2n) is 4.39. The maximum atomic E-state index is 12.0. The number of halogens is 2. The van der Waals surface area contributed by atoms with E-state index in [2.05, 4.69) is 21.2 Å². The topological polar surface area (TPSA) is 56.0 Å². The Kier molecular flexibility index (Phi) is 4.35. The molecule has 1 aromatic carbocycles. The minimum Gasteiger partial charge on any atom is -0.380 e. The van der Waals surface area contributed by atoms with Gasteiger partial charge in [0.15, 0.2) is 0 Å². The zero-order valence-electron chi connectivity index (χ0n) is 11.0. The average Bonchev–Trinajstić information content (AvgIpc) is 2.40. The van der Waals surface area contributed by atoms with E-state index in [9.17, 15) is 9.59 Å². The molecule has 1 heterocycles. The monoisotopic (exact) mass is 357 g/mol. The van der Waals surface area contributed by atoms with Crippen LogP contribution in [0.1, 0.15) is 5.56 Å². The lowest BCUT2D eigenvalue weighted by Gasteiger charge is -2.10. The van der Waals surface area contributed by atoms with Crippen LogP contribution in [-0.4, -0.2) is 9.13 Å². The van der Waals surface area contributed by atoms with Crippen LogP contribution >= 0.6 is 27.5 Å². The van der Waals surface area contributed by atoms with E-state index in [0.29, 0.717) is 17.1 Å². The summed E-state index contributed by atoms with van der Waals surface area (Å²) in [7, 11) is 3.08. The Labute approximate surface area is 128 Å². The zero-order chi connectivity index (χ0) is 14.9. The molecule has 0 radical (unpaired) electrons. The fourth-order valence-corrected chi connectivity index (χ4v) is 2.65. The van der Waals surface area contributed by atoms with Crippen molar-refractivity contribution in [2.45, 2.75) is 6.54 Å². The molecule has 0 atom stereocenters. The molecule has 0 aliphatic rings. The van der Waals surface area contributed by atoms with E-state index in [0.717, 1.165) is 14.7 Å². The van der Waals surface area contributed by atoms with Crippen LogP contribution in [-0.2, 0) is 20.6 Å². The van der Waals surface area contributed by atoms with Gasteiger partial charge in [0.05, 0.1) is 5.56 Å². The lowest BCUT2D eigenvalue weighted by Crippen LogP contribution is -2.38. The molecule has 20 heavy (non-hydrogen) atoms. The standard InChI is InChI=1S/C13H13BrClN3O2/c1-17-7-8(12(19)18(2)13(17)20)6-16-11-4-3-9(15)5-10(11)14/h3-5,7,16H,6H2,1-2H3. The summed E-state index contributed by atoms with van der Waals surface area (Å²) in [6, 6.07) is 5.34. The number of benzene rings is 1. The highest BCUT2D eigenvalue weighted by atomic mass is 79.9. The molecule has 106 valence electrons. The maximum Gasteiger partial charge on any atom is 0.330 e. The minimum absolute atomic E-state index is 0.300. The second kappa shape index (κ2) is 5.85.